The van der Waals surface area contributed by atoms with E-state index in [4.69, 9.17) is 9.47 Å². The number of carbonyl (C=O) groups excluding carboxylic acids is 1. The summed E-state index contributed by atoms with van der Waals surface area (Å²) in [5.41, 5.74) is -0.0359. The van der Waals surface area contributed by atoms with Crippen LogP contribution >= 0.6 is 0 Å². The van der Waals surface area contributed by atoms with Crippen molar-refractivity contribution >= 4 is 5.78 Å². The average molecular weight is 224 g/mol. The Labute approximate surface area is 96.5 Å². The van der Waals surface area contributed by atoms with Crippen molar-refractivity contribution in [3.8, 4) is 0 Å². The second-order valence-corrected chi connectivity index (χ2v) is 5.55. The van der Waals surface area contributed by atoms with E-state index >= 15 is 0 Å². The monoisotopic (exact) mass is 224 g/mol. The highest BCUT2D eigenvalue weighted by Gasteiger charge is 2.44. The van der Waals surface area contributed by atoms with Crippen molar-refractivity contribution < 1.29 is 14.3 Å². The summed E-state index contributed by atoms with van der Waals surface area (Å²) in [5.74, 6) is 1.40. The molecule has 1 saturated carbocycles. The van der Waals surface area contributed by atoms with Crippen LogP contribution in [0.3, 0.4) is 0 Å². The van der Waals surface area contributed by atoms with Crippen molar-refractivity contribution in [2.45, 2.75) is 44.1 Å². The van der Waals surface area contributed by atoms with Gasteiger partial charge in [-0.1, -0.05) is 0 Å². The zero-order valence-corrected chi connectivity index (χ0v) is 9.74. The van der Waals surface area contributed by atoms with E-state index in [0.29, 0.717) is 17.6 Å². The topological polar surface area (TPSA) is 35.5 Å². The second kappa shape index (κ2) is 4.11. The molecule has 3 rings (SSSR count). The fourth-order valence-corrected chi connectivity index (χ4v) is 3.61. The molecule has 0 amide bonds. The molecule has 3 atom stereocenters. The maximum absolute atomic E-state index is 11.8. The maximum Gasteiger partial charge on any atom is 0.136 e. The lowest BCUT2D eigenvalue weighted by Crippen LogP contribution is -2.42. The van der Waals surface area contributed by atoms with Crippen molar-refractivity contribution in [2.75, 3.05) is 19.8 Å². The zero-order chi connectivity index (χ0) is 11.0. The van der Waals surface area contributed by atoms with Gasteiger partial charge in [0.05, 0.1) is 12.2 Å². The van der Waals surface area contributed by atoms with E-state index in [0.717, 1.165) is 58.3 Å². The largest absolute Gasteiger partial charge is 0.378 e. The average Bonchev–Trinajstić information content (AvgIpc) is 2.88. The third-order valence-electron chi connectivity index (χ3n) is 4.52. The molecule has 2 aliphatic heterocycles. The van der Waals surface area contributed by atoms with Crippen LogP contribution in [0.5, 0.6) is 0 Å². The Kier molecular flexibility index (Phi) is 2.76. The van der Waals surface area contributed by atoms with Crippen LogP contribution in [-0.4, -0.2) is 31.2 Å². The summed E-state index contributed by atoms with van der Waals surface area (Å²) in [6.07, 6.45) is 6.16. The molecular weight excluding hydrogens is 204 g/mol. The third-order valence-corrected chi connectivity index (χ3v) is 4.52. The molecule has 90 valence electrons. The quantitative estimate of drug-likeness (QED) is 0.683. The number of carbonyl (C=O) groups is 1. The molecule has 1 spiro atoms. The molecule has 16 heavy (non-hydrogen) atoms. The SMILES string of the molecule is O=C1CCCC1C1CCOC2(CCOC2)C1. The highest BCUT2D eigenvalue weighted by atomic mass is 16.6. The number of ether oxygens (including phenoxy) is 2. The molecule has 3 fully saturated rings. The summed E-state index contributed by atoms with van der Waals surface area (Å²) in [6.45, 7) is 2.38. The van der Waals surface area contributed by atoms with Gasteiger partial charge >= 0.3 is 0 Å². The lowest BCUT2D eigenvalue weighted by molar-refractivity contribution is -0.130. The van der Waals surface area contributed by atoms with Gasteiger partial charge in [0.15, 0.2) is 0 Å². The molecule has 0 bridgehead atoms. The lowest BCUT2D eigenvalue weighted by atomic mass is 9.77. The molecule has 0 aromatic heterocycles. The Morgan fingerprint density at radius 2 is 2.19 bits per heavy atom. The minimum atomic E-state index is -0.0359. The van der Waals surface area contributed by atoms with E-state index in [2.05, 4.69) is 0 Å². The molecule has 2 saturated heterocycles. The molecule has 3 nitrogen and oxygen atoms in total. The number of rotatable bonds is 1. The van der Waals surface area contributed by atoms with Gasteiger partial charge in [-0.3, -0.25) is 4.79 Å². The first-order valence-corrected chi connectivity index (χ1v) is 6.54. The number of ketones is 1. The molecule has 1 aliphatic carbocycles. The van der Waals surface area contributed by atoms with E-state index in [1.54, 1.807) is 0 Å². The van der Waals surface area contributed by atoms with Gasteiger partial charge < -0.3 is 9.47 Å². The summed E-state index contributed by atoms with van der Waals surface area (Å²) in [4.78, 5) is 11.8. The summed E-state index contributed by atoms with van der Waals surface area (Å²) in [6, 6.07) is 0. The van der Waals surface area contributed by atoms with E-state index in [-0.39, 0.29) is 5.60 Å². The standard InChI is InChI=1S/C13H20O3/c14-12-3-1-2-11(12)10-4-6-16-13(8-10)5-7-15-9-13/h10-11H,1-9H2. The number of Topliss-reactive ketones (excluding diaryl/α,β-unsaturated/α-hetero) is 1. The van der Waals surface area contributed by atoms with Crippen LogP contribution < -0.4 is 0 Å². The summed E-state index contributed by atoms with van der Waals surface area (Å²) >= 11 is 0. The molecule has 2 heterocycles. The molecule has 3 unspecified atom stereocenters. The Hall–Kier alpha value is -0.410. The van der Waals surface area contributed by atoms with Crippen LogP contribution in [-0.2, 0) is 14.3 Å². The van der Waals surface area contributed by atoms with Crippen molar-refractivity contribution in [2.24, 2.45) is 11.8 Å². The molecular formula is C13H20O3. The van der Waals surface area contributed by atoms with Crippen molar-refractivity contribution in [1.82, 2.24) is 0 Å². The van der Waals surface area contributed by atoms with Gasteiger partial charge in [-0.05, 0) is 31.6 Å². The van der Waals surface area contributed by atoms with Gasteiger partial charge in [-0.2, -0.15) is 0 Å². The highest BCUT2D eigenvalue weighted by Crippen LogP contribution is 2.42. The van der Waals surface area contributed by atoms with Crippen molar-refractivity contribution in [3.63, 3.8) is 0 Å². The fourth-order valence-electron chi connectivity index (χ4n) is 3.61. The Morgan fingerprint density at radius 3 is 2.88 bits per heavy atom. The third kappa shape index (κ3) is 1.80. The normalized spacial score (nSPS) is 44.4. The highest BCUT2D eigenvalue weighted by molar-refractivity contribution is 5.83. The van der Waals surface area contributed by atoms with Crippen LogP contribution in [0.15, 0.2) is 0 Å². The number of hydrogen-bond donors (Lipinski definition) is 0. The predicted octanol–water partition coefficient (Wildman–Crippen LogP) is 1.94. The van der Waals surface area contributed by atoms with E-state index in [1.165, 1.54) is 0 Å². The number of hydrogen-bond acceptors (Lipinski definition) is 3. The van der Waals surface area contributed by atoms with E-state index in [9.17, 15) is 4.79 Å². The maximum atomic E-state index is 11.8. The van der Waals surface area contributed by atoms with Gasteiger partial charge in [-0.25, -0.2) is 0 Å². The van der Waals surface area contributed by atoms with Crippen LogP contribution in [0.4, 0.5) is 0 Å². The van der Waals surface area contributed by atoms with E-state index < -0.39 is 0 Å². The van der Waals surface area contributed by atoms with Crippen LogP contribution in [0.1, 0.15) is 38.5 Å². The summed E-state index contributed by atoms with van der Waals surface area (Å²) in [7, 11) is 0. The first kappa shape index (κ1) is 10.7. The second-order valence-electron chi connectivity index (χ2n) is 5.55. The first-order chi connectivity index (χ1) is 7.79. The van der Waals surface area contributed by atoms with Gasteiger partial charge in [0.25, 0.3) is 0 Å². The molecule has 3 aliphatic rings. The molecule has 0 aromatic carbocycles. The van der Waals surface area contributed by atoms with Gasteiger partial charge in [0, 0.05) is 32.0 Å². The van der Waals surface area contributed by atoms with Crippen LogP contribution in [0.2, 0.25) is 0 Å². The van der Waals surface area contributed by atoms with Crippen LogP contribution in [0.25, 0.3) is 0 Å². The van der Waals surface area contributed by atoms with Crippen molar-refractivity contribution in [3.05, 3.63) is 0 Å². The Bertz CT molecular complexity index is 281. The predicted molar refractivity (Wildman–Crippen MR) is 59.2 cm³/mol. The summed E-state index contributed by atoms with van der Waals surface area (Å²) in [5, 5.41) is 0. The lowest BCUT2D eigenvalue weighted by Gasteiger charge is -2.39. The first-order valence-electron chi connectivity index (χ1n) is 6.54. The smallest absolute Gasteiger partial charge is 0.136 e. The summed E-state index contributed by atoms with van der Waals surface area (Å²) < 4.78 is 11.4. The van der Waals surface area contributed by atoms with Crippen molar-refractivity contribution in [1.29, 1.82) is 0 Å². The molecule has 0 aromatic rings. The van der Waals surface area contributed by atoms with Crippen LogP contribution in [0, 0.1) is 11.8 Å². The minimum absolute atomic E-state index is 0.0359. The molecule has 0 N–H and O–H groups in total. The Morgan fingerprint density at radius 1 is 1.25 bits per heavy atom. The van der Waals surface area contributed by atoms with Gasteiger partial charge in [0.2, 0.25) is 0 Å². The molecule has 0 radical (unpaired) electrons. The van der Waals surface area contributed by atoms with Gasteiger partial charge in [-0.15, -0.1) is 0 Å². The minimum Gasteiger partial charge on any atom is -0.378 e. The van der Waals surface area contributed by atoms with E-state index in [1.807, 2.05) is 0 Å². The molecule has 3 heteroatoms. The van der Waals surface area contributed by atoms with Gasteiger partial charge in [0.1, 0.15) is 5.78 Å². The fraction of sp³-hybridized carbons (Fsp3) is 0.923. The zero-order valence-electron chi connectivity index (χ0n) is 9.74. The Balaban J connectivity index is 1.69.